The highest BCUT2D eigenvalue weighted by Gasteiger charge is 2.56. The number of carbonyl (C=O) groups excluding carboxylic acids is 1. The number of hydrogen-bond donors (Lipinski definition) is 4. The van der Waals surface area contributed by atoms with Gasteiger partial charge in [0, 0.05) is 11.1 Å². The van der Waals surface area contributed by atoms with Crippen LogP contribution in [0.2, 0.25) is 0 Å². The lowest BCUT2D eigenvalue weighted by Gasteiger charge is -2.30. The smallest absolute Gasteiger partial charge is 0.459 e. The zero-order valence-electron chi connectivity index (χ0n) is 22.9. The van der Waals surface area contributed by atoms with Crippen molar-refractivity contribution in [1.29, 1.82) is 0 Å². The molecule has 0 bridgehead atoms. The van der Waals surface area contributed by atoms with Crippen LogP contribution in [0.5, 0.6) is 5.75 Å². The Labute approximate surface area is 245 Å². The average Bonchev–Trinajstić information content (AvgIpc) is 3.22. The van der Waals surface area contributed by atoms with Crippen molar-refractivity contribution < 1.29 is 38.1 Å². The third-order valence-corrected chi connectivity index (χ3v) is 7.87. The summed E-state index contributed by atoms with van der Waals surface area (Å²) in [5.74, 6) is -0.765. The first-order valence-electron chi connectivity index (χ1n) is 13.0. The third kappa shape index (κ3) is 7.58. The van der Waals surface area contributed by atoms with E-state index in [-0.39, 0.29) is 24.6 Å². The maximum atomic E-state index is 14.2. The number of nitrogens with one attached hydrogen (secondary N) is 1. The van der Waals surface area contributed by atoms with E-state index in [0.717, 1.165) is 10.8 Å². The van der Waals surface area contributed by atoms with Crippen LogP contribution in [-0.2, 0) is 29.8 Å². The first kappa shape index (κ1) is 31.7. The first-order chi connectivity index (χ1) is 20.6. The number of ether oxygens (including phenoxy) is 2. The van der Waals surface area contributed by atoms with E-state index in [1.807, 2.05) is 0 Å². The molecule has 2 unspecified atom stereocenters. The number of aliphatic hydroxyl groups excluding tert-OH is 2. The van der Waals surface area contributed by atoms with Gasteiger partial charge in [0.25, 0.3) is 0 Å². The molecule has 43 heavy (non-hydrogen) atoms. The fourth-order valence-corrected chi connectivity index (χ4v) is 5.78. The van der Waals surface area contributed by atoms with E-state index < -0.39 is 56.2 Å². The lowest BCUT2D eigenvalue weighted by atomic mass is 10.1. The molecule has 5 N–H and O–H groups in total. The molecule has 1 fully saturated rings. The van der Waals surface area contributed by atoms with Gasteiger partial charge >= 0.3 is 19.4 Å². The molecule has 4 rings (SSSR count). The predicted molar refractivity (Wildman–Crippen MR) is 151 cm³/mol. The Kier molecular flexibility index (Phi) is 10.2. The van der Waals surface area contributed by atoms with Crippen molar-refractivity contribution in [1.82, 2.24) is 14.6 Å². The number of azide groups is 1. The average molecular weight is 616 g/mol. The van der Waals surface area contributed by atoms with E-state index in [1.165, 1.54) is 18.2 Å². The van der Waals surface area contributed by atoms with Crippen molar-refractivity contribution in [2.75, 3.05) is 18.9 Å². The van der Waals surface area contributed by atoms with Crippen LogP contribution in [0.4, 0.5) is 5.82 Å². The van der Waals surface area contributed by atoms with E-state index in [9.17, 15) is 29.9 Å². The Bertz CT molecular complexity index is 1560. The standard InChI is InChI=1S/C26H30N7O9P/c1-2-39-24(36)19(15-17-9-5-3-6-10-17)30-43(38,42-18-11-7-4-8-12-18)40-16-26(31-32-28)22(35)21(34)23(41-26)33-14-13-20(27)29-25(33)37/h3-14,19,21-23,34-35H,2,15-16H2,1H3,(H,30,38)(H2,27,29,37)/t19-,21+,22-,23+,26?,43?/m0/s1. The Hall–Kier alpha value is -4.27. The van der Waals surface area contributed by atoms with Crippen LogP contribution >= 0.6 is 7.75 Å². The van der Waals surface area contributed by atoms with Gasteiger partial charge in [0.2, 0.25) is 5.72 Å². The highest BCUT2D eigenvalue weighted by Crippen LogP contribution is 2.48. The Balaban J connectivity index is 1.66. The molecule has 0 aliphatic carbocycles. The summed E-state index contributed by atoms with van der Waals surface area (Å²) in [6, 6.07) is 16.7. The highest BCUT2D eigenvalue weighted by molar-refractivity contribution is 7.52. The van der Waals surface area contributed by atoms with Crippen molar-refractivity contribution in [2.24, 2.45) is 5.11 Å². The lowest BCUT2D eigenvalue weighted by molar-refractivity contribution is -0.145. The maximum Gasteiger partial charge on any atom is 0.459 e. The quantitative estimate of drug-likeness (QED) is 0.0711. The minimum atomic E-state index is -4.59. The number of hydrogen-bond acceptors (Lipinski definition) is 12. The van der Waals surface area contributed by atoms with Gasteiger partial charge in [-0.3, -0.25) is 13.9 Å². The largest absolute Gasteiger partial charge is 0.465 e. The molecule has 2 aromatic carbocycles. The topological polar surface area (TPSA) is 233 Å². The van der Waals surface area contributed by atoms with Crippen molar-refractivity contribution in [3.63, 3.8) is 0 Å². The second-order valence-corrected chi connectivity index (χ2v) is 11.0. The van der Waals surface area contributed by atoms with Gasteiger partial charge in [0.1, 0.15) is 29.8 Å². The van der Waals surface area contributed by atoms with Gasteiger partial charge in [-0.1, -0.05) is 53.6 Å². The zero-order valence-corrected chi connectivity index (χ0v) is 23.8. The molecule has 1 aliphatic rings. The predicted octanol–water partition coefficient (Wildman–Crippen LogP) is 2.05. The number of esters is 1. The Morgan fingerprint density at radius 3 is 2.53 bits per heavy atom. The fourth-order valence-electron chi connectivity index (χ4n) is 4.27. The van der Waals surface area contributed by atoms with Crippen LogP contribution in [-0.4, -0.2) is 62.9 Å². The van der Waals surface area contributed by atoms with Gasteiger partial charge < -0.3 is 29.9 Å². The number of carbonyl (C=O) groups is 1. The van der Waals surface area contributed by atoms with Crippen molar-refractivity contribution in [3.8, 4) is 5.75 Å². The number of nitrogens with two attached hydrogens (primary N) is 1. The summed E-state index contributed by atoms with van der Waals surface area (Å²) in [4.78, 5) is 31.6. The molecule has 0 saturated carbocycles. The molecule has 0 spiro atoms. The number of anilines is 1. The Morgan fingerprint density at radius 2 is 1.91 bits per heavy atom. The van der Waals surface area contributed by atoms with Gasteiger partial charge in [0.15, 0.2) is 6.23 Å². The summed E-state index contributed by atoms with van der Waals surface area (Å²) < 4.78 is 37.3. The van der Waals surface area contributed by atoms with E-state index in [0.29, 0.717) is 5.56 Å². The molecule has 17 heteroatoms. The number of benzene rings is 2. The van der Waals surface area contributed by atoms with Gasteiger partial charge in [-0.05, 0) is 42.6 Å². The van der Waals surface area contributed by atoms with Gasteiger partial charge in [-0.2, -0.15) is 10.1 Å². The minimum Gasteiger partial charge on any atom is -0.465 e. The molecule has 16 nitrogen and oxygen atoms in total. The second kappa shape index (κ2) is 13.8. The van der Waals surface area contributed by atoms with Crippen LogP contribution in [0, 0.1) is 0 Å². The molecule has 228 valence electrons. The third-order valence-electron chi connectivity index (χ3n) is 6.32. The van der Waals surface area contributed by atoms with E-state index in [4.69, 9.17) is 24.3 Å². The van der Waals surface area contributed by atoms with Gasteiger partial charge in [-0.15, -0.1) is 0 Å². The van der Waals surface area contributed by atoms with Crippen molar-refractivity contribution >= 4 is 19.5 Å². The summed E-state index contributed by atoms with van der Waals surface area (Å²) in [5.41, 5.74) is 12.2. The van der Waals surface area contributed by atoms with Crippen LogP contribution in [0.1, 0.15) is 18.7 Å². The molecule has 0 amide bonds. The number of aromatic nitrogens is 2. The van der Waals surface area contributed by atoms with Crippen molar-refractivity contribution in [3.05, 3.63) is 99.4 Å². The summed E-state index contributed by atoms with van der Waals surface area (Å²) in [5, 5.41) is 27.8. The monoisotopic (exact) mass is 615 g/mol. The Morgan fingerprint density at radius 1 is 1.23 bits per heavy atom. The summed E-state index contributed by atoms with van der Waals surface area (Å²) >= 11 is 0. The minimum absolute atomic E-state index is 0.0274. The number of para-hydroxylation sites is 1. The van der Waals surface area contributed by atoms with Crippen LogP contribution in [0.15, 0.2) is 82.8 Å². The molecule has 1 saturated heterocycles. The van der Waals surface area contributed by atoms with E-state index >= 15 is 0 Å². The summed E-state index contributed by atoms with van der Waals surface area (Å²) in [7, 11) is -4.59. The number of rotatable bonds is 13. The summed E-state index contributed by atoms with van der Waals surface area (Å²) in [6.45, 7) is 0.691. The number of nitrogens with zero attached hydrogens (tertiary/aromatic N) is 5. The van der Waals surface area contributed by atoms with Crippen LogP contribution in [0.3, 0.4) is 0 Å². The molecular weight excluding hydrogens is 585 g/mol. The molecule has 1 aromatic heterocycles. The van der Waals surface area contributed by atoms with Crippen molar-refractivity contribution in [2.45, 2.75) is 43.5 Å². The first-order valence-corrected chi connectivity index (χ1v) is 14.6. The molecular formula is C26H30N7O9P. The van der Waals surface area contributed by atoms with E-state index in [1.54, 1.807) is 55.5 Å². The SMILES string of the molecule is CCOC(=O)[C@H](Cc1ccccc1)NP(=O)(OCC1(N=[N+]=[N-])O[C@@H](n2ccc(N)nc2=O)[C@H](O)[C@@H]1O)Oc1ccccc1. The number of aliphatic hydroxyl groups is 2. The van der Waals surface area contributed by atoms with Crippen LogP contribution in [0.25, 0.3) is 10.4 Å². The molecule has 1 aliphatic heterocycles. The molecule has 6 atom stereocenters. The van der Waals surface area contributed by atoms with Gasteiger partial charge in [-0.25, -0.2) is 9.36 Å². The second-order valence-electron chi connectivity index (χ2n) is 9.32. The van der Waals surface area contributed by atoms with E-state index in [2.05, 4.69) is 20.1 Å². The van der Waals surface area contributed by atoms with Crippen LogP contribution < -0.4 is 21.0 Å². The number of nitrogen functional groups attached to an aromatic ring is 1. The molecule has 3 aromatic rings. The maximum absolute atomic E-state index is 14.2. The lowest BCUT2D eigenvalue weighted by Crippen LogP contribution is -2.46. The normalized spacial score (nSPS) is 23.5. The summed E-state index contributed by atoms with van der Waals surface area (Å²) in [6.07, 6.45) is -4.22. The zero-order chi connectivity index (χ0) is 31.0. The highest BCUT2D eigenvalue weighted by atomic mass is 31.2. The molecule has 2 heterocycles. The fraction of sp³-hybridized carbons (Fsp3) is 0.346. The van der Waals surface area contributed by atoms with Gasteiger partial charge in [0.05, 0.1) is 13.2 Å². The molecule has 0 radical (unpaired) electrons.